The molecule has 7 heteroatoms. The van der Waals surface area contributed by atoms with Crippen LogP contribution in [0.2, 0.25) is 0 Å². The second-order valence-electron chi connectivity index (χ2n) is 4.56. The molecule has 21 heavy (non-hydrogen) atoms. The third-order valence-corrected chi connectivity index (χ3v) is 3.98. The Balaban J connectivity index is 2.27. The monoisotopic (exact) mass is 311 g/mol. The number of hydrogen-bond acceptors (Lipinski definition) is 4. The minimum absolute atomic E-state index is 0.210. The number of aryl methyl sites for hydroxylation is 1. The number of thiazole rings is 1. The standard InChI is InChI=1S/C14H12F3N3S/c1-8-7-21-13(19-8)9(2)20-11-4-3-10(6-18)12(5-11)14(15,16)17/h3-5,7,9,20H,1-2H3. The Bertz CT molecular complexity index is 686. The molecule has 2 rings (SSSR count). The summed E-state index contributed by atoms with van der Waals surface area (Å²) in [6.07, 6.45) is -4.55. The van der Waals surface area contributed by atoms with E-state index in [1.807, 2.05) is 19.2 Å². The Kier molecular flexibility index (Phi) is 4.19. The van der Waals surface area contributed by atoms with E-state index in [2.05, 4.69) is 10.3 Å². The van der Waals surface area contributed by atoms with E-state index in [4.69, 9.17) is 5.26 Å². The Labute approximate surface area is 124 Å². The van der Waals surface area contributed by atoms with Crippen molar-refractivity contribution in [1.29, 1.82) is 5.26 Å². The summed E-state index contributed by atoms with van der Waals surface area (Å²) in [7, 11) is 0. The van der Waals surface area contributed by atoms with Crippen LogP contribution in [-0.4, -0.2) is 4.98 Å². The lowest BCUT2D eigenvalue weighted by Crippen LogP contribution is -2.11. The van der Waals surface area contributed by atoms with Crippen molar-refractivity contribution in [2.45, 2.75) is 26.1 Å². The molecule has 2 aromatic rings. The van der Waals surface area contributed by atoms with E-state index >= 15 is 0 Å². The maximum atomic E-state index is 12.9. The summed E-state index contributed by atoms with van der Waals surface area (Å²) in [6.45, 7) is 3.68. The number of aromatic nitrogens is 1. The largest absolute Gasteiger partial charge is 0.417 e. The lowest BCUT2D eigenvalue weighted by molar-refractivity contribution is -0.137. The zero-order valence-corrected chi connectivity index (χ0v) is 12.1. The van der Waals surface area contributed by atoms with Crippen molar-refractivity contribution in [1.82, 2.24) is 4.98 Å². The van der Waals surface area contributed by atoms with Gasteiger partial charge in [0.15, 0.2) is 0 Å². The summed E-state index contributed by atoms with van der Waals surface area (Å²) in [5, 5.41) is 14.4. The number of nitrogens with one attached hydrogen (secondary N) is 1. The molecule has 1 aromatic carbocycles. The van der Waals surface area contributed by atoms with E-state index in [0.717, 1.165) is 16.8 Å². The van der Waals surface area contributed by atoms with Crippen LogP contribution in [0, 0.1) is 18.3 Å². The van der Waals surface area contributed by atoms with Crippen LogP contribution in [0.4, 0.5) is 18.9 Å². The van der Waals surface area contributed by atoms with Crippen LogP contribution >= 0.6 is 11.3 Å². The molecule has 0 radical (unpaired) electrons. The Morgan fingerprint density at radius 1 is 1.38 bits per heavy atom. The van der Waals surface area contributed by atoms with Crippen LogP contribution in [0.5, 0.6) is 0 Å². The van der Waals surface area contributed by atoms with Gasteiger partial charge in [0, 0.05) is 16.8 Å². The highest BCUT2D eigenvalue weighted by atomic mass is 32.1. The van der Waals surface area contributed by atoms with E-state index in [-0.39, 0.29) is 11.6 Å². The first kappa shape index (κ1) is 15.3. The summed E-state index contributed by atoms with van der Waals surface area (Å²) < 4.78 is 38.7. The number of nitrogens with zero attached hydrogens (tertiary/aromatic N) is 2. The molecule has 1 heterocycles. The van der Waals surface area contributed by atoms with E-state index in [1.54, 1.807) is 6.07 Å². The normalized spacial score (nSPS) is 12.8. The number of benzene rings is 1. The fraction of sp³-hybridized carbons (Fsp3) is 0.286. The minimum atomic E-state index is -4.55. The second-order valence-corrected chi connectivity index (χ2v) is 5.45. The van der Waals surface area contributed by atoms with Crippen LogP contribution < -0.4 is 5.32 Å². The summed E-state index contributed by atoms with van der Waals surface area (Å²) in [6, 6.07) is 4.94. The maximum Gasteiger partial charge on any atom is 0.417 e. The smallest absolute Gasteiger partial charge is 0.376 e. The first-order chi connectivity index (χ1) is 9.81. The zero-order valence-electron chi connectivity index (χ0n) is 11.3. The fourth-order valence-corrected chi connectivity index (χ4v) is 2.65. The van der Waals surface area contributed by atoms with Gasteiger partial charge >= 0.3 is 6.18 Å². The predicted molar refractivity (Wildman–Crippen MR) is 75.0 cm³/mol. The Hall–Kier alpha value is -2.07. The van der Waals surface area contributed by atoms with Crippen molar-refractivity contribution in [3.8, 4) is 6.07 Å². The molecule has 1 atom stereocenters. The Morgan fingerprint density at radius 3 is 2.62 bits per heavy atom. The van der Waals surface area contributed by atoms with Crippen molar-refractivity contribution in [3.05, 3.63) is 45.4 Å². The van der Waals surface area contributed by atoms with Crippen molar-refractivity contribution < 1.29 is 13.2 Å². The summed E-state index contributed by atoms with van der Waals surface area (Å²) in [4.78, 5) is 4.29. The van der Waals surface area contributed by atoms with Crippen LogP contribution in [0.25, 0.3) is 0 Å². The van der Waals surface area contributed by atoms with E-state index in [1.165, 1.54) is 23.5 Å². The quantitative estimate of drug-likeness (QED) is 0.907. The van der Waals surface area contributed by atoms with Crippen LogP contribution in [0.15, 0.2) is 23.6 Å². The molecular weight excluding hydrogens is 299 g/mol. The van der Waals surface area contributed by atoms with Crippen molar-refractivity contribution >= 4 is 17.0 Å². The van der Waals surface area contributed by atoms with Gasteiger partial charge in [0.1, 0.15) is 5.01 Å². The van der Waals surface area contributed by atoms with Gasteiger partial charge in [-0.2, -0.15) is 18.4 Å². The number of alkyl halides is 3. The number of hydrogen-bond donors (Lipinski definition) is 1. The molecule has 0 aliphatic carbocycles. The first-order valence-electron chi connectivity index (χ1n) is 6.11. The molecule has 110 valence electrons. The average Bonchev–Trinajstić information content (AvgIpc) is 2.84. The lowest BCUT2D eigenvalue weighted by Gasteiger charge is -2.15. The van der Waals surface area contributed by atoms with Gasteiger partial charge in [0.05, 0.1) is 23.2 Å². The van der Waals surface area contributed by atoms with Gasteiger partial charge in [-0.15, -0.1) is 11.3 Å². The van der Waals surface area contributed by atoms with Gasteiger partial charge in [-0.1, -0.05) is 0 Å². The summed E-state index contributed by atoms with van der Waals surface area (Å²) in [5.41, 5.74) is -0.135. The predicted octanol–water partition coefficient (Wildman–Crippen LogP) is 4.52. The molecular formula is C14H12F3N3S. The molecule has 1 unspecified atom stereocenters. The van der Waals surface area contributed by atoms with Gasteiger partial charge in [-0.3, -0.25) is 0 Å². The van der Waals surface area contributed by atoms with Crippen molar-refractivity contribution in [2.24, 2.45) is 0 Å². The van der Waals surface area contributed by atoms with Gasteiger partial charge in [0.25, 0.3) is 0 Å². The molecule has 1 aromatic heterocycles. The number of anilines is 1. The van der Waals surface area contributed by atoms with Gasteiger partial charge in [0.2, 0.25) is 0 Å². The van der Waals surface area contributed by atoms with Crippen LogP contribution in [0.3, 0.4) is 0 Å². The molecule has 0 bridgehead atoms. The first-order valence-corrected chi connectivity index (χ1v) is 6.99. The van der Waals surface area contributed by atoms with Gasteiger partial charge in [-0.05, 0) is 32.0 Å². The molecule has 0 spiro atoms. The molecule has 0 aliphatic heterocycles. The molecule has 3 nitrogen and oxygen atoms in total. The van der Waals surface area contributed by atoms with Crippen molar-refractivity contribution in [2.75, 3.05) is 5.32 Å². The molecule has 1 N–H and O–H groups in total. The number of halogens is 3. The van der Waals surface area contributed by atoms with E-state index in [0.29, 0.717) is 5.69 Å². The number of nitriles is 1. The van der Waals surface area contributed by atoms with Crippen molar-refractivity contribution in [3.63, 3.8) is 0 Å². The molecule has 0 saturated heterocycles. The molecule has 0 aliphatic rings. The van der Waals surface area contributed by atoms with Crippen LogP contribution in [-0.2, 0) is 6.18 Å². The third-order valence-electron chi connectivity index (χ3n) is 2.84. The second kappa shape index (κ2) is 5.74. The Morgan fingerprint density at radius 2 is 2.10 bits per heavy atom. The lowest BCUT2D eigenvalue weighted by atomic mass is 10.1. The zero-order chi connectivity index (χ0) is 15.6. The summed E-state index contributed by atoms with van der Waals surface area (Å²) in [5.74, 6) is 0. The topological polar surface area (TPSA) is 48.7 Å². The van der Waals surface area contributed by atoms with Gasteiger partial charge in [-0.25, -0.2) is 4.98 Å². The highest BCUT2D eigenvalue weighted by molar-refractivity contribution is 7.09. The minimum Gasteiger partial charge on any atom is -0.376 e. The summed E-state index contributed by atoms with van der Waals surface area (Å²) >= 11 is 1.45. The maximum absolute atomic E-state index is 12.9. The highest BCUT2D eigenvalue weighted by Crippen LogP contribution is 2.34. The molecule has 0 fully saturated rings. The SMILES string of the molecule is Cc1csc(C(C)Nc2ccc(C#N)c(C(F)(F)F)c2)n1. The fourth-order valence-electron chi connectivity index (χ4n) is 1.85. The molecule has 0 saturated carbocycles. The number of rotatable bonds is 3. The highest BCUT2D eigenvalue weighted by Gasteiger charge is 2.33. The average molecular weight is 311 g/mol. The third kappa shape index (κ3) is 3.52. The van der Waals surface area contributed by atoms with E-state index < -0.39 is 11.7 Å². The van der Waals surface area contributed by atoms with Gasteiger partial charge < -0.3 is 5.32 Å². The van der Waals surface area contributed by atoms with E-state index in [9.17, 15) is 13.2 Å². The van der Waals surface area contributed by atoms with Crippen LogP contribution in [0.1, 0.15) is 34.8 Å². The molecule has 0 amide bonds.